The number of hydrogen-bond acceptors (Lipinski definition) is 0. The summed E-state index contributed by atoms with van der Waals surface area (Å²) in [4.78, 5) is 0. The van der Waals surface area contributed by atoms with Crippen LogP contribution in [0.25, 0.3) is 11.3 Å². The topological polar surface area (TPSA) is 0 Å². The van der Waals surface area contributed by atoms with E-state index in [0.717, 1.165) is 0 Å². The highest BCUT2D eigenvalue weighted by atomic mass is 28.3. The highest BCUT2D eigenvalue weighted by molar-refractivity contribution is 7.17. The minimum Gasteiger partial charge on any atom is -0.0624 e. The van der Waals surface area contributed by atoms with E-state index >= 15 is 0 Å². The third kappa shape index (κ3) is 4.06. The predicted molar refractivity (Wildman–Crippen MR) is 138 cm³/mol. The van der Waals surface area contributed by atoms with Gasteiger partial charge in [0.25, 0.3) is 0 Å². The van der Waals surface area contributed by atoms with Crippen LogP contribution >= 0.6 is 0 Å². The van der Waals surface area contributed by atoms with Crippen LogP contribution in [-0.2, 0) is 0 Å². The van der Waals surface area contributed by atoms with Crippen molar-refractivity contribution in [1.82, 2.24) is 0 Å². The van der Waals surface area contributed by atoms with Gasteiger partial charge in [-0.1, -0.05) is 148 Å². The molecule has 4 rings (SSSR count). The smallest absolute Gasteiger partial charge is 0.0624 e. The van der Waals surface area contributed by atoms with Crippen LogP contribution in [-0.4, -0.2) is 8.07 Å². The fraction of sp³-hybridized carbons (Fsp3) is 0.133. The van der Waals surface area contributed by atoms with Gasteiger partial charge in [0, 0.05) is 0 Å². The first-order valence-corrected chi connectivity index (χ1v) is 13.0. The van der Waals surface area contributed by atoms with Crippen molar-refractivity contribution in [2.75, 3.05) is 0 Å². The minimum absolute atomic E-state index is 0.0478. The lowest BCUT2D eigenvalue weighted by atomic mass is 10.1. The summed E-state index contributed by atoms with van der Waals surface area (Å²) < 4.78 is 0. The van der Waals surface area contributed by atoms with Gasteiger partial charge in [-0.3, -0.25) is 0 Å². The van der Waals surface area contributed by atoms with Gasteiger partial charge in [-0.15, -0.1) is 0 Å². The van der Waals surface area contributed by atoms with Gasteiger partial charge >= 0.3 is 0 Å². The molecule has 0 N–H and O–H groups in total. The summed E-state index contributed by atoms with van der Waals surface area (Å²) in [5.74, 6) is 0. The summed E-state index contributed by atoms with van der Waals surface area (Å²) in [5, 5.41) is 4.38. The molecule has 0 aliphatic carbocycles. The highest BCUT2D eigenvalue weighted by Crippen LogP contribution is 2.44. The van der Waals surface area contributed by atoms with Gasteiger partial charge in [-0.2, -0.15) is 0 Å². The Morgan fingerprint density at radius 1 is 0.548 bits per heavy atom. The molecule has 0 fully saturated rings. The monoisotopic (exact) mass is 418 g/mol. The average molecular weight is 419 g/mol. The Morgan fingerprint density at radius 2 is 0.935 bits per heavy atom. The molecule has 0 heterocycles. The third-order valence-electron chi connectivity index (χ3n) is 6.14. The van der Waals surface area contributed by atoms with Crippen LogP contribution in [0.4, 0.5) is 0 Å². The molecule has 1 heteroatoms. The maximum Gasteiger partial charge on any atom is 0.154 e. The maximum atomic E-state index is 2.44. The molecule has 31 heavy (non-hydrogen) atoms. The zero-order valence-corrected chi connectivity index (χ0v) is 19.6. The second-order valence-corrected chi connectivity index (χ2v) is 13.8. The first kappa shape index (κ1) is 21.1. The lowest BCUT2D eigenvalue weighted by molar-refractivity contribution is 0.740. The second-order valence-electron chi connectivity index (χ2n) is 9.07. The standard InChI is InChI=1S/C30H30Si/c1-30(2,3)31(27-20-12-6-13-21-27,28-22-14-7-15-23-28)29(26-18-10-5-11-19-26)24-25-16-8-4-9-17-25/h4-24H,1-3H3/b29-24+. The molecule has 4 aromatic rings. The summed E-state index contributed by atoms with van der Waals surface area (Å²) in [7, 11) is -2.44. The van der Waals surface area contributed by atoms with Crippen molar-refractivity contribution in [1.29, 1.82) is 0 Å². The largest absolute Gasteiger partial charge is 0.154 e. The molecular formula is C30H30Si. The van der Waals surface area contributed by atoms with E-state index in [0.29, 0.717) is 0 Å². The Bertz CT molecular complexity index is 1080. The molecule has 0 aromatic heterocycles. The zero-order chi connectivity index (χ0) is 21.7. The first-order chi connectivity index (χ1) is 15.0. The van der Waals surface area contributed by atoms with Crippen LogP contribution < -0.4 is 10.4 Å². The van der Waals surface area contributed by atoms with E-state index in [1.54, 1.807) is 0 Å². The summed E-state index contributed by atoms with van der Waals surface area (Å²) in [5.41, 5.74) is 2.55. The maximum absolute atomic E-state index is 2.44. The molecule has 0 bridgehead atoms. The van der Waals surface area contributed by atoms with Gasteiger partial charge in [0.05, 0.1) is 0 Å². The Labute approximate surface area is 187 Å². The van der Waals surface area contributed by atoms with E-state index < -0.39 is 8.07 Å². The molecule has 0 amide bonds. The van der Waals surface area contributed by atoms with Gasteiger partial charge in [-0.25, -0.2) is 0 Å². The van der Waals surface area contributed by atoms with Crippen LogP contribution in [0.2, 0.25) is 5.04 Å². The molecule has 0 saturated carbocycles. The molecule has 0 aliphatic heterocycles. The molecule has 0 saturated heterocycles. The zero-order valence-electron chi connectivity index (χ0n) is 18.6. The van der Waals surface area contributed by atoms with E-state index in [4.69, 9.17) is 0 Å². The van der Waals surface area contributed by atoms with E-state index in [9.17, 15) is 0 Å². The predicted octanol–water partition coefficient (Wildman–Crippen LogP) is 6.83. The van der Waals surface area contributed by atoms with E-state index in [-0.39, 0.29) is 5.04 Å². The average Bonchev–Trinajstić information content (AvgIpc) is 2.81. The lowest BCUT2D eigenvalue weighted by Gasteiger charge is -2.46. The number of rotatable bonds is 5. The molecule has 0 aliphatic rings. The fourth-order valence-electron chi connectivity index (χ4n) is 4.87. The summed E-state index contributed by atoms with van der Waals surface area (Å²) >= 11 is 0. The molecule has 0 nitrogen and oxygen atoms in total. The molecule has 0 spiro atoms. The van der Waals surface area contributed by atoms with Gasteiger partial charge in [0.15, 0.2) is 8.07 Å². The van der Waals surface area contributed by atoms with Crippen LogP contribution in [0.5, 0.6) is 0 Å². The first-order valence-electron chi connectivity index (χ1n) is 11.0. The van der Waals surface area contributed by atoms with Gasteiger partial charge < -0.3 is 0 Å². The van der Waals surface area contributed by atoms with E-state index in [2.05, 4.69) is 148 Å². The van der Waals surface area contributed by atoms with Crippen molar-refractivity contribution >= 4 is 29.7 Å². The quantitative estimate of drug-likeness (QED) is 0.246. The van der Waals surface area contributed by atoms with Gasteiger partial charge in [0.2, 0.25) is 0 Å². The molecular weight excluding hydrogens is 388 g/mol. The molecule has 0 atom stereocenters. The summed E-state index contributed by atoms with van der Waals surface area (Å²) in [6, 6.07) is 44.1. The van der Waals surface area contributed by atoms with Crippen molar-refractivity contribution in [3.8, 4) is 0 Å². The van der Waals surface area contributed by atoms with Crippen molar-refractivity contribution in [2.24, 2.45) is 0 Å². The number of hydrogen-bond donors (Lipinski definition) is 0. The minimum atomic E-state index is -2.44. The van der Waals surface area contributed by atoms with Crippen molar-refractivity contribution < 1.29 is 0 Å². The van der Waals surface area contributed by atoms with Crippen molar-refractivity contribution in [3.05, 3.63) is 132 Å². The fourth-order valence-corrected chi connectivity index (χ4v) is 10.7. The Hall–Kier alpha value is -3.16. The van der Waals surface area contributed by atoms with Crippen LogP contribution in [0, 0.1) is 0 Å². The van der Waals surface area contributed by atoms with Gasteiger partial charge in [0.1, 0.15) is 0 Å². The summed E-state index contributed by atoms with van der Waals surface area (Å²) in [6.07, 6.45) is 2.44. The Balaban J connectivity index is 2.15. The molecule has 0 unspecified atom stereocenters. The second kappa shape index (κ2) is 8.91. The highest BCUT2D eigenvalue weighted by Gasteiger charge is 2.50. The Morgan fingerprint density at radius 3 is 1.35 bits per heavy atom. The van der Waals surface area contributed by atoms with Crippen LogP contribution in [0.1, 0.15) is 31.9 Å². The van der Waals surface area contributed by atoms with E-state index in [1.807, 2.05) is 0 Å². The Kier molecular flexibility index (Phi) is 6.06. The van der Waals surface area contributed by atoms with E-state index in [1.165, 1.54) is 26.7 Å². The summed E-state index contributed by atoms with van der Waals surface area (Å²) in [6.45, 7) is 7.25. The molecule has 154 valence electrons. The SMILES string of the molecule is CC(C)(C)[Si](/C(=C/c1ccccc1)c1ccccc1)(c1ccccc1)c1ccccc1. The number of benzene rings is 4. The van der Waals surface area contributed by atoms with Crippen molar-refractivity contribution in [2.45, 2.75) is 25.8 Å². The third-order valence-corrected chi connectivity index (χ3v) is 12.0. The van der Waals surface area contributed by atoms with Gasteiger partial charge in [-0.05, 0) is 31.7 Å². The van der Waals surface area contributed by atoms with Crippen LogP contribution in [0.15, 0.2) is 121 Å². The molecule has 0 radical (unpaired) electrons. The molecule has 4 aromatic carbocycles. The van der Waals surface area contributed by atoms with Crippen molar-refractivity contribution in [3.63, 3.8) is 0 Å². The normalized spacial score (nSPS) is 12.5. The lowest BCUT2D eigenvalue weighted by Crippen LogP contribution is -2.65. The van der Waals surface area contributed by atoms with Crippen LogP contribution in [0.3, 0.4) is 0 Å².